The van der Waals surface area contributed by atoms with Crippen molar-refractivity contribution in [3.8, 4) is 6.07 Å². The molecular formula is C9H9ClN6. The number of halogens is 1. The molecule has 2 rings (SSSR count). The zero-order chi connectivity index (χ0) is 11.5. The van der Waals surface area contributed by atoms with Gasteiger partial charge >= 0.3 is 0 Å². The van der Waals surface area contributed by atoms with Crippen LogP contribution >= 0.6 is 11.6 Å². The lowest BCUT2D eigenvalue weighted by atomic mass is 10.4. The fourth-order valence-corrected chi connectivity index (χ4v) is 1.55. The molecule has 0 saturated carbocycles. The zero-order valence-corrected chi connectivity index (χ0v) is 9.39. The van der Waals surface area contributed by atoms with Crippen molar-refractivity contribution in [3.05, 3.63) is 17.5 Å². The van der Waals surface area contributed by atoms with Crippen molar-refractivity contribution in [3.63, 3.8) is 0 Å². The Hall–Kier alpha value is -1.87. The van der Waals surface area contributed by atoms with Gasteiger partial charge in [-0.1, -0.05) is 11.6 Å². The summed E-state index contributed by atoms with van der Waals surface area (Å²) in [5.74, 6) is 1.22. The maximum Gasteiger partial charge on any atom is 0.255 e. The molecule has 0 amide bonds. The maximum atomic E-state index is 8.54. The molecular weight excluding hydrogens is 228 g/mol. The van der Waals surface area contributed by atoms with E-state index in [1.165, 1.54) is 6.33 Å². The second-order valence-electron chi connectivity index (χ2n) is 3.24. The van der Waals surface area contributed by atoms with E-state index < -0.39 is 0 Å². The Labute approximate surface area is 97.1 Å². The third-order valence-corrected chi connectivity index (χ3v) is 2.35. The first kappa shape index (κ1) is 10.6. The summed E-state index contributed by atoms with van der Waals surface area (Å²) >= 11 is 5.87. The molecule has 0 saturated heterocycles. The van der Waals surface area contributed by atoms with Crippen LogP contribution in [0.5, 0.6) is 0 Å². The van der Waals surface area contributed by atoms with Gasteiger partial charge in [-0.15, -0.1) is 0 Å². The standard InChI is InChI=1S/C9H9ClN6/c1-15(4-2-3-11)8-5-7(10)14-9-12-6-13-16(8)9/h5-6H,2,4H2,1H3. The summed E-state index contributed by atoms with van der Waals surface area (Å²) in [6.45, 7) is 0.603. The minimum Gasteiger partial charge on any atom is -0.358 e. The average Bonchev–Trinajstić information content (AvgIpc) is 2.72. The highest BCUT2D eigenvalue weighted by molar-refractivity contribution is 6.29. The van der Waals surface area contributed by atoms with Crippen molar-refractivity contribution in [2.45, 2.75) is 6.42 Å². The Morgan fingerprint density at radius 1 is 1.62 bits per heavy atom. The van der Waals surface area contributed by atoms with E-state index in [9.17, 15) is 0 Å². The van der Waals surface area contributed by atoms with E-state index in [4.69, 9.17) is 16.9 Å². The smallest absolute Gasteiger partial charge is 0.255 e. The molecule has 2 heterocycles. The van der Waals surface area contributed by atoms with Gasteiger partial charge in [0.2, 0.25) is 0 Å². The first-order valence-corrected chi connectivity index (χ1v) is 5.04. The van der Waals surface area contributed by atoms with E-state index in [0.29, 0.717) is 23.9 Å². The average molecular weight is 237 g/mol. The molecule has 0 aliphatic rings. The number of hydrogen-bond acceptors (Lipinski definition) is 5. The number of aromatic nitrogens is 4. The van der Waals surface area contributed by atoms with Gasteiger partial charge in [0, 0.05) is 19.7 Å². The SMILES string of the molecule is CN(CCC#N)c1cc(Cl)nc2ncnn12. The van der Waals surface area contributed by atoms with Crippen molar-refractivity contribution in [1.82, 2.24) is 19.6 Å². The second-order valence-corrected chi connectivity index (χ2v) is 3.63. The first-order valence-electron chi connectivity index (χ1n) is 4.66. The summed E-state index contributed by atoms with van der Waals surface area (Å²) in [7, 11) is 1.87. The summed E-state index contributed by atoms with van der Waals surface area (Å²) in [4.78, 5) is 9.88. The third kappa shape index (κ3) is 1.90. The second kappa shape index (κ2) is 4.33. The van der Waals surface area contributed by atoms with Crippen molar-refractivity contribution in [1.29, 1.82) is 5.26 Å². The van der Waals surface area contributed by atoms with Crippen LogP contribution in [0.2, 0.25) is 5.15 Å². The van der Waals surface area contributed by atoms with Crippen LogP contribution < -0.4 is 4.90 Å². The monoisotopic (exact) mass is 236 g/mol. The van der Waals surface area contributed by atoms with Crippen molar-refractivity contribution in [2.75, 3.05) is 18.5 Å². The van der Waals surface area contributed by atoms with Crippen LogP contribution in [0.25, 0.3) is 5.78 Å². The van der Waals surface area contributed by atoms with Crippen molar-refractivity contribution in [2.24, 2.45) is 0 Å². The van der Waals surface area contributed by atoms with Crippen molar-refractivity contribution < 1.29 is 0 Å². The van der Waals surface area contributed by atoms with Gasteiger partial charge in [0.15, 0.2) is 0 Å². The molecule has 0 spiro atoms. The zero-order valence-electron chi connectivity index (χ0n) is 8.63. The molecule has 0 aliphatic carbocycles. The summed E-state index contributed by atoms with van der Waals surface area (Å²) in [6, 6.07) is 3.78. The summed E-state index contributed by atoms with van der Waals surface area (Å²) in [6.07, 6.45) is 1.85. The molecule has 82 valence electrons. The molecule has 2 aromatic rings. The Kier molecular flexibility index (Phi) is 2.88. The van der Waals surface area contributed by atoms with Gasteiger partial charge in [0.05, 0.1) is 12.5 Å². The predicted molar refractivity (Wildman–Crippen MR) is 59.3 cm³/mol. The van der Waals surface area contributed by atoms with Gasteiger partial charge in [-0.25, -0.2) is 0 Å². The van der Waals surface area contributed by atoms with Crippen LogP contribution in [0, 0.1) is 11.3 Å². The number of hydrogen-bond donors (Lipinski definition) is 0. The quantitative estimate of drug-likeness (QED) is 0.747. The van der Waals surface area contributed by atoms with Crippen LogP contribution in [0.4, 0.5) is 5.82 Å². The first-order chi connectivity index (χ1) is 7.72. The van der Waals surface area contributed by atoms with Crippen LogP contribution in [-0.2, 0) is 0 Å². The molecule has 0 atom stereocenters. The van der Waals surface area contributed by atoms with Gasteiger partial charge in [0.1, 0.15) is 17.3 Å². The molecule has 0 radical (unpaired) electrons. The maximum absolute atomic E-state index is 8.54. The Morgan fingerprint density at radius 2 is 2.44 bits per heavy atom. The van der Waals surface area contributed by atoms with Gasteiger partial charge < -0.3 is 4.90 Å². The molecule has 7 heteroatoms. The largest absolute Gasteiger partial charge is 0.358 e. The normalized spacial score (nSPS) is 10.3. The lowest BCUT2D eigenvalue weighted by molar-refractivity contribution is 0.829. The molecule has 0 N–H and O–H groups in total. The molecule has 6 nitrogen and oxygen atoms in total. The highest BCUT2D eigenvalue weighted by Gasteiger charge is 2.09. The van der Waals surface area contributed by atoms with Gasteiger partial charge in [0.25, 0.3) is 5.78 Å². The predicted octanol–water partition coefficient (Wildman–Crippen LogP) is 1.13. The van der Waals surface area contributed by atoms with E-state index in [1.54, 1.807) is 10.6 Å². The molecule has 2 aromatic heterocycles. The Morgan fingerprint density at radius 3 is 3.19 bits per heavy atom. The van der Waals surface area contributed by atoms with Crippen molar-refractivity contribution >= 4 is 23.2 Å². The van der Waals surface area contributed by atoms with Gasteiger partial charge in [-0.2, -0.15) is 24.8 Å². The van der Waals surface area contributed by atoms with E-state index >= 15 is 0 Å². The molecule has 0 aliphatic heterocycles. The minimum absolute atomic E-state index is 0.360. The Bertz CT molecular complexity index is 542. The molecule has 0 bridgehead atoms. The summed E-state index contributed by atoms with van der Waals surface area (Å²) in [5.41, 5.74) is 0. The molecule has 0 aromatic carbocycles. The lowest BCUT2D eigenvalue weighted by Gasteiger charge is -2.17. The fourth-order valence-electron chi connectivity index (χ4n) is 1.37. The summed E-state index contributed by atoms with van der Waals surface area (Å²) in [5, 5.41) is 12.9. The number of rotatable bonds is 3. The van der Waals surface area contributed by atoms with E-state index in [-0.39, 0.29) is 0 Å². The van der Waals surface area contributed by atoms with Crippen LogP contribution in [0.15, 0.2) is 12.4 Å². The van der Waals surface area contributed by atoms with Crippen LogP contribution in [-0.4, -0.2) is 33.2 Å². The minimum atomic E-state index is 0.360. The van der Waals surface area contributed by atoms with Gasteiger partial charge in [-0.3, -0.25) is 0 Å². The lowest BCUT2D eigenvalue weighted by Crippen LogP contribution is -2.21. The Balaban J connectivity index is 2.42. The third-order valence-electron chi connectivity index (χ3n) is 2.15. The van der Waals surface area contributed by atoms with E-state index in [2.05, 4.69) is 21.1 Å². The number of nitriles is 1. The van der Waals surface area contributed by atoms with E-state index in [1.807, 2.05) is 11.9 Å². The summed E-state index contributed by atoms with van der Waals surface area (Å²) < 4.78 is 1.59. The highest BCUT2D eigenvalue weighted by atomic mass is 35.5. The van der Waals surface area contributed by atoms with Gasteiger partial charge in [-0.05, 0) is 0 Å². The number of fused-ring (bicyclic) bond motifs is 1. The molecule has 0 fully saturated rings. The number of nitrogens with zero attached hydrogens (tertiary/aromatic N) is 6. The molecule has 16 heavy (non-hydrogen) atoms. The van der Waals surface area contributed by atoms with Crippen LogP contribution in [0.1, 0.15) is 6.42 Å². The van der Waals surface area contributed by atoms with Crippen LogP contribution in [0.3, 0.4) is 0 Å². The fraction of sp³-hybridized carbons (Fsp3) is 0.333. The molecule has 0 unspecified atom stereocenters. The topological polar surface area (TPSA) is 70.1 Å². The van der Waals surface area contributed by atoms with E-state index in [0.717, 1.165) is 5.82 Å². The number of anilines is 1. The highest BCUT2D eigenvalue weighted by Crippen LogP contribution is 2.17.